The fraction of sp³-hybridized carbons (Fsp3) is 0.364. The van der Waals surface area contributed by atoms with E-state index >= 15 is 0 Å². The maximum atomic E-state index is 2.41. The lowest BCUT2D eigenvalue weighted by molar-refractivity contribution is 0.473. The molecule has 1 aliphatic heterocycles. The van der Waals surface area contributed by atoms with Crippen molar-refractivity contribution in [2.45, 2.75) is 41.5 Å². The van der Waals surface area contributed by atoms with Crippen LogP contribution in [0.1, 0.15) is 33.4 Å². The van der Waals surface area contributed by atoms with E-state index in [0.29, 0.717) is 0 Å². The molecule has 0 fully saturated rings. The molecule has 0 bridgehead atoms. The number of rotatable bonds is 2. The number of benzene rings is 2. The maximum Gasteiger partial charge on any atom is 0.167 e. The largest absolute Gasteiger partial charge is 0.294 e. The van der Waals surface area contributed by atoms with Crippen LogP contribution in [0, 0.1) is 41.5 Å². The molecule has 0 saturated heterocycles. The van der Waals surface area contributed by atoms with Gasteiger partial charge < -0.3 is 0 Å². The molecule has 2 nitrogen and oxygen atoms in total. The monoisotopic (exact) mass is 321 g/mol. The number of nitrogens with zero attached hydrogens (tertiary/aromatic N) is 2. The molecule has 0 aliphatic carbocycles. The van der Waals surface area contributed by atoms with Gasteiger partial charge in [-0.05, 0) is 52.7 Å². The first-order valence-corrected chi connectivity index (χ1v) is 8.69. The van der Waals surface area contributed by atoms with E-state index in [2.05, 4.69) is 90.2 Å². The minimum atomic E-state index is 0.824. The third-order valence-electron chi connectivity index (χ3n) is 5.09. The summed E-state index contributed by atoms with van der Waals surface area (Å²) in [5, 5.41) is 0. The van der Waals surface area contributed by atoms with E-state index in [1.807, 2.05) is 0 Å². The first kappa shape index (κ1) is 16.8. The van der Waals surface area contributed by atoms with Crippen molar-refractivity contribution < 1.29 is 0 Å². The van der Waals surface area contributed by atoms with Gasteiger partial charge in [0.2, 0.25) is 0 Å². The summed E-state index contributed by atoms with van der Waals surface area (Å²) >= 11 is 0. The minimum Gasteiger partial charge on any atom is -0.294 e. The lowest BCUT2D eigenvalue weighted by Crippen LogP contribution is -2.43. The SMILES string of the molecule is Cc1cc(C)c(N2C=C[N+](C)(c3c(C)cc(C)cc3C)C2)c(C)c1. The van der Waals surface area contributed by atoms with Gasteiger partial charge >= 0.3 is 0 Å². The van der Waals surface area contributed by atoms with E-state index in [-0.39, 0.29) is 0 Å². The fourth-order valence-corrected chi connectivity index (χ4v) is 4.53. The van der Waals surface area contributed by atoms with Crippen LogP contribution in [0.2, 0.25) is 0 Å². The summed E-state index contributed by atoms with van der Waals surface area (Å²) in [5.74, 6) is 0. The van der Waals surface area contributed by atoms with Gasteiger partial charge in [0, 0.05) is 11.1 Å². The van der Waals surface area contributed by atoms with Crippen molar-refractivity contribution in [2.75, 3.05) is 18.6 Å². The molecule has 2 heteroatoms. The summed E-state index contributed by atoms with van der Waals surface area (Å²) < 4.78 is 0.824. The molecule has 0 aromatic heterocycles. The highest BCUT2D eigenvalue weighted by Crippen LogP contribution is 2.37. The molecule has 1 unspecified atom stereocenters. The molecule has 2 aromatic carbocycles. The number of hydrogen-bond acceptors (Lipinski definition) is 1. The first-order valence-electron chi connectivity index (χ1n) is 8.69. The molecular formula is C22H29N2+. The normalized spacial score (nSPS) is 20.0. The van der Waals surface area contributed by atoms with E-state index < -0.39 is 0 Å². The number of hydrogen-bond donors (Lipinski definition) is 0. The average molecular weight is 321 g/mol. The van der Waals surface area contributed by atoms with Crippen LogP contribution in [0.3, 0.4) is 0 Å². The molecule has 0 amide bonds. The molecule has 1 aliphatic rings. The Hall–Kier alpha value is -2.06. The van der Waals surface area contributed by atoms with E-state index in [1.165, 1.54) is 44.8 Å². The molecule has 0 N–H and O–H groups in total. The van der Waals surface area contributed by atoms with Crippen molar-refractivity contribution in [1.82, 2.24) is 4.48 Å². The fourth-order valence-electron chi connectivity index (χ4n) is 4.53. The Morgan fingerprint density at radius 1 is 0.750 bits per heavy atom. The quantitative estimate of drug-likeness (QED) is 0.667. The first-order chi connectivity index (χ1) is 11.2. The van der Waals surface area contributed by atoms with E-state index in [1.54, 1.807) is 0 Å². The van der Waals surface area contributed by atoms with Gasteiger partial charge in [-0.15, -0.1) is 0 Å². The Morgan fingerprint density at radius 2 is 1.21 bits per heavy atom. The van der Waals surface area contributed by atoms with Gasteiger partial charge in [-0.1, -0.05) is 35.4 Å². The van der Waals surface area contributed by atoms with Crippen LogP contribution in [-0.2, 0) is 0 Å². The van der Waals surface area contributed by atoms with Crippen LogP contribution in [0.25, 0.3) is 0 Å². The zero-order chi connectivity index (χ0) is 17.6. The molecular weight excluding hydrogens is 292 g/mol. The van der Waals surface area contributed by atoms with Crippen LogP contribution >= 0.6 is 0 Å². The highest BCUT2D eigenvalue weighted by molar-refractivity contribution is 5.66. The number of aryl methyl sites for hydroxylation is 6. The van der Waals surface area contributed by atoms with E-state index in [9.17, 15) is 0 Å². The molecule has 1 atom stereocenters. The second-order valence-electron chi connectivity index (χ2n) is 7.67. The molecule has 3 rings (SSSR count). The van der Waals surface area contributed by atoms with Gasteiger partial charge in [-0.2, -0.15) is 0 Å². The zero-order valence-electron chi connectivity index (χ0n) is 16.1. The molecule has 0 saturated carbocycles. The Labute approximate surface area is 146 Å². The van der Waals surface area contributed by atoms with E-state index in [0.717, 1.165) is 11.2 Å². The maximum absolute atomic E-state index is 2.41. The highest BCUT2D eigenvalue weighted by Gasteiger charge is 2.34. The second kappa shape index (κ2) is 5.78. The van der Waals surface area contributed by atoms with Crippen LogP contribution in [0.5, 0.6) is 0 Å². The molecule has 1 heterocycles. The van der Waals surface area contributed by atoms with Crippen LogP contribution in [-0.4, -0.2) is 13.7 Å². The third kappa shape index (κ3) is 2.76. The number of quaternary nitrogens is 1. The predicted molar refractivity (Wildman–Crippen MR) is 106 cm³/mol. The summed E-state index contributed by atoms with van der Waals surface area (Å²) in [6.07, 6.45) is 4.58. The van der Waals surface area contributed by atoms with Crippen molar-refractivity contribution in [1.29, 1.82) is 0 Å². The summed E-state index contributed by atoms with van der Waals surface area (Å²) in [6, 6.07) is 9.15. The number of anilines is 1. The summed E-state index contributed by atoms with van der Waals surface area (Å²) in [6.45, 7) is 14.2. The summed E-state index contributed by atoms with van der Waals surface area (Å²) in [4.78, 5) is 2.41. The van der Waals surface area contributed by atoms with Gasteiger partial charge in [-0.3, -0.25) is 4.90 Å². The Morgan fingerprint density at radius 3 is 1.71 bits per heavy atom. The Kier molecular flexibility index (Phi) is 4.05. The van der Waals surface area contributed by atoms with Gasteiger partial charge in [0.15, 0.2) is 6.67 Å². The predicted octanol–water partition coefficient (Wildman–Crippen LogP) is 5.42. The molecule has 24 heavy (non-hydrogen) atoms. The zero-order valence-corrected chi connectivity index (χ0v) is 16.1. The molecule has 126 valence electrons. The standard InChI is InChI=1S/C22H29N2/c1-15-10-17(3)21(18(4)11-15)23-8-9-24(7,14-23)22-19(5)12-16(2)13-20(22)6/h8-13H,14H2,1-7H3/q+1. The van der Waals surface area contributed by atoms with Crippen molar-refractivity contribution in [2.24, 2.45) is 0 Å². The average Bonchev–Trinajstić information content (AvgIpc) is 2.78. The highest BCUT2D eigenvalue weighted by atomic mass is 15.5. The van der Waals surface area contributed by atoms with Gasteiger partial charge in [0.1, 0.15) is 11.9 Å². The van der Waals surface area contributed by atoms with Crippen LogP contribution in [0.4, 0.5) is 11.4 Å². The topological polar surface area (TPSA) is 3.24 Å². The van der Waals surface area contributed by atoms with Gasteiger partial charge in [0.05, 0.1) is 18.9 Å². The van der Waals surface area contributed by atoms with Crippen molar-refractivity contribution in [3.05, 3.63) is 70.0 Å². The Bertz CT molecular complexity index is 786. The third-order valence-corrected chi connectivity index (χ3v) is 5.09. The van der Waals surface area contributed by atoms with Crippen molar-refractivity contribution >= 4 is 11.4 Å². The minimum absolute atomic E-state index is 0.824. The Balaban J connectivity index is 2.01. The van der Waals surface area contributed by atoms with E-state index in [4.69, 9.17) is 0 Å². The second-order valence-corrected chi connectivity index (χ2v) is 7.67. The van der Waals surface area contributed by atoms with Crippen LogP contribution in [0.15, 0.2) is 36.7 Å². The van der Waals surface area contributed by atoms with Crippen LogP contribution < -0.4 is 9.38 Å². The van der Waals surface area contributed by atoms with Crippen molar-refractivity contribution in [3.8, 4) is 0 Å². The summed E-state index contributed by atoms with van der Waals surface area (Å²) in [7, 11) is 2.31. The smallest absolute Gasteiger partial charge is 0.167 e. The molecule has 0 radical (unpaired) electrons. The molecule has 0 spiro atoms. The lowest BCUT2D eigenvalue weighted by atomic mass is 10.0. The van der Waals surface area contributed by atoms with Crippen molar-refractivity contribution in [3.63, 3.8) is 0 Å². The lowest BCUT2D eigenvalue weighted by Gasteiger charge is -2.32. The summed E-state index contributed by atoms with van der Waals surface area (Å²) in [5.41, 5.74) is 10.9. The van der Waals surface area contributed by atoms with Gasteiger partial charge in [0.25, 0.3) is 0 Å². The molecule has 2 aromatic rings. The van der Waals surface area contributed by atoms with Gasteiger partial charge in [-0.25, -0.2) is 4.48 Å².